The Morgan fingerprint density at radius 3 is 2.38 bits per heavy atom. The third kappa shape index (κ3) is 4.78. The van der Waals surface area contributed by atoms with Crippen LogP contribution >= 0.6 is 0 Å². The number of aryl methyl sites for hydroxylation is 1. The van der Waals surface area contributed by atoms with Crippen molar-refractivity contribution in [1.29, 1.82) is 0 Å². The second-order valence-electron chi connectivity index (χ2n) is 7.92. The summed E-state index contributed by atoms with van der Waals surface area (Å²) in [5, 5.41) is 3.33. The molecule has 3 rings (SSSR count). The van der Waals surface area contributed by atoms with Gasteiger partial charge in [-0.3, -0.25) is 4.79 Å². The maximum Gasteiger partial charge on any atom is 0.340 e. The van der Waals surface area contributed by atoms with Crippen molar-refractivity contribution in [2.24, 2.45) is 0 Å². The molecule has 1 heterocycles. The smallest absolute Gasteiger partial charge is 0.340 e. The number of nitrogens with one attached hydrogen (secondary N) is 1. The van der Waals surface area contributed by atoms with Gasteiger partial charge in [0.1, 0.15) is 0 Å². The molecule has 5 heteroatoms. The Bertz CT molecular complexity index is 883. The first-order chi connectivity index (χ1) is 13.9. The van der Waals surface area contributed by atoms with E-state index < -0.39 is 5.97 Å². The zero-order valence-corrected chi connectivity index (χ0v) is 17.7. The molecule has 1 fully saturated rings. The molecule has 154 valence electrons. The summed E-state index contributed by atoms with van der Waals surface area (Å²) in [6.45, 7) is 7.97. The molecular formula is C24H30N2O3. The van der Waals surface area contributed by atoms with Gasteiger partial charge < -0.3 is 15.0 Å². The molecule has 0 radical (unpaired) electrons. The number of para-hydroxylation sites is 1. The zero-order valence-electron chi connectivity index (χ0n) is 17.7. The van der Waals surface area contributed by atoms with Crippen molar-refractivity contribution < 1.29 is 14.3 Å². The molecule has 1 saturated heterocycles. The highest BCUT2D eigenvalue weighted by Gasteiger charge is 2.29. The molecule has 0 saturated carbocycles. The van der Waals surface area contributed by atoms with E-state index in [1.54, 1.807) is 12.1 Å². The second kappa shape index (κ2) is 9.12. The molecule has 1 amide bonds. The highest BCUT2D eigenvalue weighted by Crippen LogP contribution is 2.26. The van der Waals surface area contributed by atoms with Crippen molar-refractivity contribution in [3.05, 3.63) is 59.2 Å². The monoisotopic (exact) mass is 394 g/mol. The minimum atomic E-state index is -0.496. The van der Waals surface area contributed by atoms with Crippen LogP contribution in [-0.4, -0.2) is 35.5 Å². The van der Waals surface area contributed by atoms with Gasteiger partial charge in [-0.2, -0.15) is 0 Å². The molecule has 0 aromatic heterocycles. The lowest BCUT2D eigenvalue weighted by Crippen LogP contribution is -2.49. The van der Waals surface area contributed by atoms with Crippen molar-refractivity contribution in [1.82, 2.24) is 4.90 Å². The molecule has 5 nitrogen and oxygen atoms in total. The zero-order chi connectivity index (χ0) is 21.0. The number of hydrogen-bond donors (Lipinski definition) is 1. The van der Waals surface area contributed by atoms with Crippen molar-refractivity contribution in [2.75, 3.05) is 11.9 Å². The first kappa shape index (κ1) is 20.9. The minimum Gasteiger partial charge on any atom is -0.452 e. The van der Waals surface area contributed by atoms with Gasteiger partial charge in [-0.25, -0.2) is 4.79 Å². The summed E-state index contributed by atoms with van der Waals surface area (Å²) in [5.74, 6) is -0.623. The van der Waals surface area contributed by atoms with Crippen LogP contribution in [-0.2, 0) is 9.53 Å². The predicted octanol–water partition coefficient (Wildman–Crippen LogP) is 4.99. The average molecular weight is 395 g/mol. The average Bonchev–Trinajstić information content (AvgIpc) is 2.70. The summed E-state index contributed by atoms with van der Waals surface area (Å²) in [7, 11) is 0. The van der Waals surface area contributed by atoms with Gasteiger partial charge in [-0.1, -0.05) is 24.3 Å². The molecule has 0 spiro atoms. The van der Waals surface area contributed by atoms with E-state index in [4.69, 9.17) is 4.74 Å². The number of carbonyl (C=O) groups excluding carboxylic acids is 2. The van der Waals surface area contributed by atoms with E-state index in [2.05, 4.69) is 32.2 Å². The van der Waals surface area contributed by atoms with Crippen LogP contribution in [0.5, 0.6) is 0 Å². The van der Waals surface area contributed by atoms with Crippen molar-refractivity contribution in [2.45, 2.75) is 59.0 Å². The number of nitrogens with zero attached hydrogens (tertiary/aromatic N) is 1. The Kier molecular flexibility index (Phi) is 6.57. The van der Waals surface area contributed by atoms with Crippen LogP contribution in [0.25, 0.3) is 0 Å². The van der Waals surface area contributed by atoms with Gasteiger partial charge in [0.15, 0.2) is 6.61 Å². The van der Waals surface area contributed by atoms with Gasteiger partial charge in [-0.15, -0.1) is 0 Å². The van der Waals surface area contributed by atoms with Crippen molar-refractivity contribution in [3.63, 3.8) is 0 Å². The van der Waals surface area contributed by atoms with Gasteiger partial charge in [0, 0.05) is 17.8 Å². The van der Waals surface area contributed by atoms with Gasteiger partial charge in [0.2, 0.25) is 0 Å². The Balaban J connectivity index is 1.70. The van der Waals surface area contributed by atoms with Crippen LogP contribution in [0.15, 0.2) is 42.5 Å². The molecule has 2 aromatic rings. The number of ether oxygens (including phenoxy) is 1. The standard InChI is InChI=1S/C24H30N2O3/c1-16-9-7-14-21(19(16)4)25-22-13-6-5-12-20(22)24(28)29-15-23(27)26-17(2)10-8-11-18(26)3/h5-7,9,12-14,17-18,25H,8,10-11,15H2,1-4H3/t17-,18-/m0/s1. The number of rotatable bonds is 5. The Morgan fingerprint density at radius 1 is 1.00 bits per heavy atom. The molecule has 0 aliphatic carbocycles. The lowest BCUT2D eigenvalue weighted by Gasteiger charge is -2.38. The highest BCUT2D eigenvalue weighted by molar-refractivity contribution is 5.97. The van der Waals surface area contributed by atoms with E-state index in [1.165, 1.54) is 5.56 Å². The normalized spacial score (nSPS) is 19.0. The third-order valence-electron chi connectivity index (χ3n) is 5.83. The SMILES string of the molecule is Cc1cccc(Nc2ccccc2C(=O)OCC(=O)N2[C@@H](C)CCC[C@@H]2C)c1C. The van der Waals surface area contributed by atoms with E-state index in [1.807, 2.05) is 36.1 Å². The summed E-state index contributed by atoms with van der Waals surface area (Å²) in [6, 6.07) is 13.6. The number of amides is 1. The fraction of sp³-hybridized carbons (Fsp3) is 0.417. The number of likely N-dealkylation sites (tertiary alicyclic amines) is 1. The first-order valence-electron chi connectivity index (χ1n) is 10.3. The fourth-order valence-corrected chi connectivity index (χ4v) is 3.99. The third-order valence-corrected chi connectivity index (χ3v) is 5.83. The topological polar surface area (TPSA) is 58.6 Å². The number of hydrogen-bond acceptors (Lipinski definition) is 4. The molecule has 1 aliphatic rings. The van der Waals surface area contributed by atoms with Crippen LogP contribution < -0.4 is 5.32 Å². The van der Waals surface area contributed by atoms with Crippen molar-refractivity contribution >= 4 is 23.3 Å². The molecule has 1 N–H and O–H groups in total. The van der Waals surface area contributed by atoms with Crippen LogP contribution in [0.4, 0.5) is 11.4 Å². The summed E-state index contributed by atoms with van der Waals surface area (Å²) in [6.07, 6.45) is 3.11. The lowest BCUT2D eigenvalue weighted by atomic mass is 9.97. The first-order valence-corrected chi connectivity index (χ1v) is 10.3. The van der Waals surface area contributed by atoms with Crippen molar-refractivity contribution in [3.8, 4) is 0 Å². The predicted molar refractivity (Wildman–Crippen MR) is 116 cm³/mol. The Morgan fingerprint density at radius 2 is 1.66 bits per heavy atom. The molecule has 2 atom stereocenters. The van der Waals surface area contributed by atoms with Crippen LogP contribution in [0.3, 0.4) is 0 Å². The molecule has 0 unspecified atom stereocenters. The number of anilines is 2. The highest BCUT2D eigenvalue weighted by atomic mass is 16.5. The molecule has 1 aliphatic heterocycles. The maximum atomic E-state index is 12.7. The van der Waals surface area contributed by atoms with Gasteiger partial charge >= 0.3 is 5.97 Å². The summed E-state index contributed by atoms with van der Waals surface area (Å²) >= 11 is 0. The van der Waals surface area contributed by atoms with E-state index in [9.17, 15) is 9.59 Å². The largest absolute Gasteiger partial charge is 0.452 e. The number of esters is 1. The molecule has 0 bridgehead atoms. The van der Waals surface area contributed by atoms with Crippen LogP contribution in [0.1, 0.15) is 54.6 Å². The number of piperidine rings is 1. The Labute approximate surface area is 173 Å². The maximum absolute atomic E-state index is 12.7. The Hall–Kier alpha value is -2.82. The van der Waals surface area contributed by atoms with Gasteiger partial charge in [-0.05, 0) is 76.3 Å². The number of benzene rings is 2. The van der Waals surface area contributed by atoms with Crippen LogP contribution in [0.2, 0.25) is 0 Å². The number of carbonyl (C=O) groups is 2. The lowest BCUT2D eigenvalue weighted by molar-refractivity contribution is -0.140. The summed E-state index contributed by atoms with van der Waals surface area (Å²) < 4.78 is 5.40. The molecule has 29 heavy (non-hydrogen) atoms. The summed E-state index contributed by atoms with van der Waals surface area (Å²) in [5.41, 5.74) is 4.32. The van der Waals surface area contributed by atoms with E-state index in [0.29, 0.717) is 11.3 Å². The minimum absolute atomic E-state index is 0.127. The van der Waals surface area contributed by atoms with E-state index >= 15 is 0 Å². The molecular weight excluding hydrogens is 364 g/mol. The van der Waals surface area contributed by atoms with E-state index in [-0.39, 0.29) is 24.6 Å². The molecule has 2 aromatic carbocycles. The fourth-order valence-electron chi connectivity index (χ4n) is 3.99. The van der Waals surface area contributed by atoms with Crippen LogP contribution in [0, 0.1) is 13.8 Å². The second-order valence-corrected chi connectivity index (χ2v) is 7.92. The van der Waals surface area contributed by atoms with Gasteiger partial charge in [0.25, 0.3) is 5.91 Å². The quantitative estimate of drug-likeness (QED) is 0.726. The van der Waals surface area contributed by atoms with Gasteiger partial charge in [0.05, 0.1) is 11.3 Å². The summed E-state index contributed by atoms with van der Waals surface area (Å²) in [4.78, 5) is 27.2. The van der Waals surface area contributed by atoms with E-state index in [0.717, 1.165) is 30.5 Å².